The third-order valence-electron chi connectivity index (χ3n) is 5.15. The molecule has 1 aliphatic heterocycles. The van der Waals surface area contributed by atoms with Gasteiger partial charge in [0, 0.05) is 31.5 Å². The molecule has 1 aliphatic rings. The van der Waals surface area contributed by atoms with Gasteiger partial charge in [0.25, 0.3) is 0 Å². The minimum absolute atomic E-state index is 0.0149. The number of rotatable bonds is 5. The molecule has 0 radical (unpaired) electrons. The van der Waals surface area contributed by atoms with E-state index in [-0.39, 0.29) is 23.8 Å². The van der Waals surface area contributed by atoms with E-state index in [9.17, 15) is 9.90 Å². The standard InChI is InChI=1S/C22H27NO2/c1-16(2)22(25)21-14-19(24)13-20(18-11-7-4-8-12-18)23(21)15-17-9-5-3-6-10-17/h3-12,16,20-22,25H,13-15H2,1-2H3/t20-,21-,22+/m1/s1. The van der Waals surface area contributed by atoms with Crippen LogP contribution in [0.4, 0.5) is 0 Å². The molecule has 0 aromatic heterocycles. The summed E-state index contributed by atoms with van der Waals surface area (Å²) in [5, 5.41) is 10.8. The number of Topliss-reactive ketones (excluding diaryl/α,β-unsaturated/α-hetero) is 1. The number of ketones is 1. The molecule has 0 amide bonds. The van der Waals surface area contributed by atoms with Gasteiger partial charge in [-0.25, -0.2) is 0 Å². The Labute approximate surface area is 150 Å². The lowest BCUT2D eigenvalue weighted by Gasteiger charge is -2.44. The number of benzene rings is 2. The number of carbonyl (C=O) groups excluding carboxylic acids is 1. The van der Waals surface area contributed by atoms with Crippen molar-refractivity contribution in [2.75, 3.05) is 0 Å². The third kappa shape index (κ3) is 4.17. The van der Waals surface area contributed by atoms with Crippen molar-refractivity contribution in [3.63, 3.8) is 0 Å². The first-order valence-corrected chi connectivity index (χ1v) is 9.10. The number of hydrogen-bond acceptors (Lipinski definition) is 3. The molecule has 2 aromatic carbocycles. The second kappa shape index (κ2) is 7.94. The lowest BCUT2D eigenvalue weighted by atomic mass is 9.84. The first-order chi connectivity index (χ1) is 12.1. The molecule has 1 fully saturated rings. The molecular formula is C22H27NO2. The van der Waals surface area contributed by atoms with Gasteiger partial charge >= 0.3 is 0 Å². The molecule has 0 spiro atoms. The van der Waals surface area contributed by atoms with E-state index in [0.29, 0.717) is 12.8 Å². The van der Waals surface area contributed by atoms with Crippen LogP contribution in [0.5, 0.6) is 0 Å². The molecule has 1 N–H and O–H groups in total. The molecule has 0 aliphatic carbocycles. The number of likely N-dealkylation sites (tertiary alicyclic amines) is 1. The van der Waals surface area contributed by atoms with Crippen molar-refractivity contribution < 1.29 is 9.90 Å². The molecular weight excluding hydrogens is 310 g/mol. The second-order valence-corrected chi connectivity index (χ2v) is 7.33. The maximum atomic E-state index is 12.4. The zero-order valence-corrected chi connectivity index (χ0v) is 15.0. The summed E-state index contributed by atoms with van der Waals surface area (Å²) in [6, 6.07) is 20.4. The van der Waals surface area contributed by atoms with Gasteiger partial charge in [-0.1, -0.05) is 74.5 Å². The van der Waals surface area contributed by atoms with E-state index < -0.39 is 6.10 Å². The first kappa shape index (κ1) is 17.8. The van der Waals surface area contributed by atoms with Crippen LogP contribution in [0.3, 0.4) is 0 Å². The number of aliphatic hydroxyl groups is 1. The summed E-state index contributed by atoms with van der Waals surface area (Å²) >= 11 is 0. The zero-order chi connectivity index (χ0) is 17.8. The van der Waals surface area contributed by atoms with E-state index in [0.717, 1.165) is 12.1 Å². The highest BCUT2D eigenvalue weighted by atomic mass is 16.3. The van der Waals surface area contributed by atoms with Crippen molar-refractivity contribution in [1.82, 2.24) is 4.90 Å². The SMILES string of the molecule is CC(C)[C@H](O)[C@H]1CC(=O)C[C@H](c2ccccc2)N1Cc1ccccc1. The number of piperidine rings is 1. The summed E-state index contributed by atoms with van der Waals surface area (Å²) in [5.41, 5.74) is 2.35. The maximum absolute atomic E-state index is 12.4. The van der Waals surface area contributed by atoms with Gasteiger partial charge in [0.15, 0.2) is 0 Å². The molecule has 2 aromatic rings. The molecule has 1 saturated heterocycles. The molecule has 0 saturated carbocycles. The van der Waals surface area contributed by atoms with E-state index in [1.807, 2.05) is 50.2 Å². The van der Waals surface area contributed by atoms with Crippen LogP contribution in [0.1, 0.15) is 43.9 Å². The van der Waals surface area contributed by atoms with Gasteiger partial charge < -0.3 is 5.11 Å². The number of nitrogens with zero attached hydrogens (tertiary/aromatic N) is 1. The van der Waals surface area contributed by atoms with E-state index in [4.69, 9.17) is 0 Å². The average molecular weight is 337 g/mol. The molecule has 0 bridgehead atoms. The Morgan fingerprint density at radius 2 is 1.60 bits per heavy atom. The Morgan fingerprint density at radius 3 is 2.20 bits per heavy atom. The lowest BCUT2D eigenvalue weighted by Crippen LogP contribution is -2.51. The van der Waals surface area contributed by atoms with Crippen molar-refractivity contribution in [1.29, 1.82) is 0 Å². The van der Waals surface area contributed by atoms with Crippen molar-refractivity contribution >= 4 is 5.78 Å². The Hall–Kier alpha value is -1.97. The van der Waals surface area contributed by atoms with Crippen molar-refractivity contribution in [3.8, 4) is 0 Å². The molecule has 0 unspecified atom stereocenters. The predicted octanol–water partition coefficient (Wildman–Crippen LogP) is 3.98. The summed E-state index contributed by atoms with van der Waals surface area (Å²) in [6.07, 6.45) is 0.424. The molecule has 25 heavy (non-hydrogen) atoms. The van der Waals surface area contributed by atoms with Crippen LogP contribution in [0.25, 0.3) is 0 Å². The molecule has 3 nitrogen and oxygen atoms in total. The molecule has 3 heteroatoms. The van der Waals surface area contributed by atoms with Crippen LogP contribution in [0.2, 0.25) is 0 Å². The van der Waals surface area contributed by atoms with Gasteiger partial charge in [-0.05, 0) is 17.0 Å². The highest BCUT2D eigenvalue weighted by Crippen LogP contribution is 2.36. The van der Waals surface area contributed by atoms with Crippen LogP contribution < -0.4 is 0 Å². The Bertz CT molecular complexity index is 684. The van der Waals surface area contributed by atoms with Crippen LogP contribution in [-0.2, 0) is 11.3 Å². The molecule has 1 heterocycles. The van der Waals surface area contributed by atoms with E-state index in [1.54, 1.807) is 0 Å². The zero-order valence-electron chi connectivity index (χ0n) is 15.0. The topological polar surface area (TPSA) is 40.5 Å². The van der Waals surface area contributed by atoms with Gasteiger partial charge in [0.2, 0.25) is 0 Å². The fourth-order valence-corrected chi connectivity index (χ4v) is 3.77. The minimum atomic E-state index is -0.515. The van der Waals surface area contributed by atoms with Crippen molar-refractivity contribution in [3.05, 3.63) is 71.8 Å². The average Bonchev–Trinajstić information content (AvgIpc) is 2.63. The van der Waals surface area contributed by atoms with Crippen molar-refractivity contribution in [2.45, 2.75) is 51.4 Å². The monoisotopic (exact) mass is 337 g/mol. The fourth-order valence-electron chi connectivity index (χ4n) is 3.77. The molecule has 3 rings (SSSR count). The first-order valence-electron chi connectivity index (χ1n) is 9.10. The second-order valence-electron chi connectivity index (χ2n) is 7.33. The normalized spacial score (nSPS) is 23.0. The Kier molecular flexibility index (Phi) is 5.67. The number of hydrogen-bond donors (Lipinski definition) is 1. The summed E-state index contributed by atoms with van der Waals surface area (Å²) in [4.78, 5) is 14.8. The Morgan fingerprint density at radius 1 is 1.00 bits per heavy atom. The van der Waals surface area contributed by atoms with Gasteiger partial charge in [-0.2, -0.15) is 0 Å². The maximum Gasteiger partial charge on any atom is 0.136 e. The van der Waals surface area contributed by atoms with Crippen LogP contribution in [0, 0.1) is 5.92 Å². The van der Waals surface area contributed by atoms with Gasteiger partial charge in [0.1, 0.15) is 5.78 Å². The lowest BCUT2D eigenvalue weighted by molar-refractivity contribution is -0.130. The summed E-state index contributed by atoms with van der Waals surface area (Å²) in [6.45, 7) is 4.77. The Balaban J connectivity index is 1.96. The molecule has 3 atom stereocenters. The summed E-state index contributed by atoms with van der Waals surface area (Å²) in [5.74, 6) is 0.355. The largest absolute Gasteiger partial charge is 0.391 e. The number of aliphatic hydroxyl groups excluding tert-OH is 1. The van der Waals surface area contributed by atoms with Crippen LogP contribution in [-0.4, -0.2) is 27.9 Å². The highest BCUT2D eigenvalue weighted by Gasteiger charge is 2.39. The smallest absolute Gasteiger partial charge is 0.136 e. The summed E-state index contributed by atoms with van der Waals surface area (Å²) < 4.78 is 0. The van der Waals surface area contributed by atoms with E-state index in [1.165, 1.54) is 5.56 Å². The fraction of sp³-hybridized carbons (Fsp3) is 0.409. The highest BCUT2D eigenvalue weighted by molar-refractivity contribution is 5.81. The quantitative estimate of drug-likeness (QED) is 0.897. The minimum Gasteiger partial charge on any atom is -0.391 e. The van der Waals surface area contributed by atoms with E-state index >= 15 is 0 Å². The van der Waals surface area contributed by atoms with Gasteiger partial charge in [-0.15, -0.1) is 0 Å². The summed E-state index contributed by atoms with van der Waals surface area (Å²) in [7, 11) is 0. The molecule has 132 valence electrons. The van der Waals surface area contributed by atoms with Crippen molar-refractivity contribution in [2.24, 2.45) is 5.92 Å². The van der Waals surface area contributed by atoms with Gasteiger partial charge in [0.05, 0.1) is 6.10 Å². The van der Waals surface area contributed by atoms with Gasteiger partial charge in [-0.3, -0.25) is 9.69 Å². The van der Waals surface area contributed by atoms with Crippen LogP contribution >= 0.6 is 0 Å². The van der Waals surface area contributed by atoms with Crippen LogP contribution in [0.15, 0.2) is 60.7 Å². The predicted molar refractivity (Wildman–Crippen MR) is 100 cm³/mol. The number of carbonyl (C=O) groups is 1. The van der Waals surface area contributed by atoms with E-state index in [2.05, 4.69) is 29.2 Å². The third-order valence-corrected chi connectivity index (χ3v) is 5.15.